The molecule has 0 bridgehead atoms. The number of anilines is 2. The van der Waals surface area contributed by atoms with Crippen molar-refractivity contribution in [2.24, 2.45) is 0 Å². The number of fused-ring (bicyclic) bond motifs is 1. The van der Waals surface area contributed by atoms with E-state index in [9.17, 15) is 4.79 Å². The summed E-state index contributed by atoms with van der Waals surface area (Å²) in [7, 11) is 3.12. The van der Waals surface area contributed by atoms with E-state index in [1.165, 1.54) is 0 Å². The van der Waals surface area contributed by atoms with Gasteiger partial charge in [-0.25, -0.2) is 0 Å². The molecule has 9 nitrogen and oxygen atoms in total. The van der Waals surface area contributed by atoms with E-state index in [2.05, 4.69) is 42.1 Å². The molecular formula is C20H19BrN6O3. The van der Waals surface area contributed by atoms with Gasteiger partial charge in [0, 0.05) is 11.4 Å². The third-order valence-electron chi connectivity index (χ3n) is 4.76. The van der Waals surface area contributed by atoms with Gasteiger partial charge in [-0.3, -0.25) is 4.79 Å². The summed E-state index contributed by atoms with van der Waals surface area (Å²) in [5, 5.41) is 17.9. The Morgan fingerprint density at radius 2 is 1.97 bits per heavy atom. The Hall–Kier alpha value is -3.40. The first kappa shape index (κ1) is 19.9. The number of rotatable bonds is 5. The third kappa shape index (κ3) is 3.50. The Balaban J connectivity index is 1.83. The van der Waals surface area contributed by atoms with Crippen molar-refractivity contribution < 1.29 is 14.3 Å². The average Bonchev–Trinajstić information content (AvgIpc) is 3.20. The highest BCUT2D eigenvalue weighted by Gasteiger charge is 2.35. The molecular weight excluding hydrogens is 452 g/mol. The number of tetrazole rings is 1. The van der Waals surface area contributed by atoms with Crippen LogP contribution in [-0.2, 0) is 4.79 Å². The molecule has 3 aromatic rings. The minimum atomic E-state index is -0.573. The standard InChI is InChI=1S/C20H19BrN6O3/c1-11-16(19(28)23-13-7-5-4-6-8-13)17(27-20(22-11)24-25-26-27)12-9-14(21)18(30-3)15(10-12)29-2/h4-10,17H,1-3H3,(H,23,28)(H,22,24,26). The van der Waals surface area contributed by atoms with Crippen molar-refractivity contribution in [3.05, 3.63) is 63.8 Å². The number of hydrogen-bond acceptors (Lipinski definition) is 7. The smallest absolute Gasteiger partial charge is 0.255 e. The number of hydrogen-bond donors (Lipinski definition) is 2. The number of nitrogens with one attached hydrogen (secondary N) is 2. The van der Waals surface area contributed by atoms with Gasteiger partial charge in [0.25, 0.3) is 5.91 Å². The van der Waals surface area contributed by atoms with E-state index in [0.29, 0.717) is 38.9 Å². The van der Waals surface area contributed by atoms with Crippen molar-refractivity contribution in [2.45, 2.75) is 13.0 Å². The topological polar surface area (TPSA) is 103 Å². The average molecular weight is 471 g/mol. The quantitative estimate of drug-likeness (QED) is 0.588. The molecule has 0 saturated carbocycles. The molecule has 30 heavy (non-hydrogen) atoms. The lowest BCUT2D eigenvalue weighted by atomic mass is 9.94. The van der Waals surface area contributed by atoms with Crippen LogP contribution in [0.5, 0.6) is 11.5 Å². The number of allylic oxidation sites excluding steroid dienone is 1. The summed E-state index contributed by atoms with van der Waals surface area (Å²) in [6, 6.07) is 12.4. The first-order valence-electron chi connectivity index (χ1n) is 9.07. The Bertz CT molecular complexity index is 1130. The van der Waals surface area contributed by atoms with Gasteiger partial charge in [0.15, 0.2) is 11.5 Å². The maximum absolute atomic E-state index is 13.3. The number of carbonyl (C=O) groups is 1. The normalized spacial score (nSPS) is 15.3. The summed E-state index contributed by atoms with van der Waals surface area (Å²) in [6.07, 6.45) is 0. The van der Waals surface area contributed by atoms with Crippen LogP contribution in [0.25, 0.3) is 0 Å². The van der Waals surface area contributed by atoms with Gasteiger partial charge < -0.3 is 20.1 Å². The molecule has 0 spiro atoms. The number of para-hydroxylation sites is 1. The van der Waals surface area contributed by atoms with E-state index in [-0.39, 0.29) is 5.91 Å². The molecule has 10 heteroatoms. The van der Waals surface area contributed by atoms with E-state index >= 15 is 0 Å². The molecule has 2 aromatic carbocycles. The van der Waals surface area contributed by atoms with E-state index in [1.807, 2.05) is 49.4 Å². The van der Waals surface area contributed by atoms with Crippen LogP contribution in [0.3, 0.4) is 0 Å². The van der Waals surface area contributed by atoms with Crippen molar-refractivity contribution >= 4 is 33.5 Å². The predicted octanol–water partition coefficient (Wildman–Crippen LogP) is 3.38. The molecule has 0 fully saturated rings. The predicted molar refractivity (Wildman–Crippen MR) is 115 cm³/mol. The Morgan fingerprint density at radius 1 is 1.20 bits per heavy atom. The first-order chi connectivity index (χ1) is 14.5. The fourth-order valence-electron chi connectivity index (χ4n) is 3.43. The molecule has 0 aliphatic carbocycles. The Labute approximate surface area is 181 Å². The van der Waals surface area contributed by atoms with Crippen molar-refractivity contribution in [2.75, 3.05) is 24.9 Å². The Morgan fingerprint density at radius 3 is 2.67 bits per heavy atom. The van der Waals surface area contributed by atoms with E-state index in [0.717, 1.165) is 5.56 Å². The SMILES string of the molecule is COc1cc(C2C(C(=O)Nc3ccccc3)=C(C)Nc3nnnn32)cc(Br)c1OC. The number of ether oxygens (including phenoxy) is 2. The zero-order chi connectivity index (χ0) is 21.3. The molecule has 2 N–H and O–H groups in total. The van der Waals surface area contributed by atoms with Crippen LogP contribution in [-0.4, -0.2) is 40.3 Å². The fourth-order valence-corrected chi connectivity index (χ4v) is 4.05. The van der Waals surface area contributed by atoms with Crippen LogP contribution in [0.15, 0.2) is 58.2 Å². The summed E-state index contributed by atoms with van der Waals surface area (Å²) in [6.45, 7) is 1.82. The van der Waals surface area contributed by atoms with Crippen LogP contribution >= 0.6 is 15.9 Å². The number of benzene rings is 2. The monoisotopic (exact) mass is 470 g/mol. The van der Waals surface area contributed by atoms with Crippen LogP contribution in [0, 0.1) is 0 Å². The van der Waals surface area contributed by atoms with Crippen LogP contribution in [0.2, 0.25) is 0 Å². The highest BCUT2D eigenvalue weighted by molar-refractivity contribution is 9.10. The second-order valence-corrected chi connectivity index (χ2v) is 7.43. The van der Waals surface area contributed by atoms with Gasteiger partial charge in [0.2, 0.25) is 5.95 Å². The molecule has 2 heterocycles. The third-order valence-corrected chi connectivity index (χ3v) is 5.35. The van der Waals surface area contributed by atoms with Gasteiger partial charge in [-0.2, -0.15) is 4.68 Å². The lowest BCUT2D eigenvalue weighted by Crippen LogP contribution is -2.31. The molecule has 1 unspecified atom stereocenters. The number of halogens is 1. The summed E-state index contributed by atoms with van der Waals surface area (Å²) in [4.78, 5) is 13.3. The van der Waals surface area contributed by atoms with E-state index in [4.69, 9.17) is 9.47 Å². The molecule has 1 aliphatic heterocycles. The molecule has 1 aromatic heterocycles. The summed E-state index contributed by atoms with van der Waals surface area (Å²) in [5.74, 6) is 1.27. The summed E-state index contributed by atoms with van der Waals surface area (Å²) in [5.41, 5.74) is 2.59. The maximum Gasteiger partial charge on any atom is 0.255 e. The second kappa shape index (κ2) is 8.15. The Kier molecular flexibility index (Phi) is 5.40. The zero-order valence-electron chi connectivity index (χ0n) is 16.5. The summed E-state index contributed by atoms with van der Waals surface area (Å²) < 4.78 is 13.2. The lowest BCUT2D eigenvalue weighted by Gasteiger charge is -2.28. The van der Waals surface area contributed by atoms with Gasteiger partial charge in [-0.05, 0) is 63.1 Å². The lowest BCUT2D eigenvalue weighted by molar-refractivity contribution is -0.113. The molecule has 1 aliphatic rings. The molecule has 0 radical (unpaired) electrons. The van der Waals surface area contributed by atoms with Crippen LogP contribution in [0.4, 0.5) is 11.6 Å². The number of aromatic nitrogens is 4. The number of carbonyl (C=O) groups excluding carboxylic acids is 1. The number of amides is 1. The molecule has 0 saturated heterocycles. The van der Waals surface area contributed by atoms with Crippen molar-refractivity contribution in [3.8, 4) is 11.5 Å². The van der Waals surface area contributed by atoms with Crippen molar-refractivity contribution in [1.29, 1.82) is 0 Å². The van der Waals surface area contributed by atoms with Gasteiger partial charge in [-0.15, -0.1) is 0 Å². The minimum Gasteiger partial charge on any atom is -0.493 e. The molecule has 154 valence electrons. The number of nitrogens with zero attached hydrogens (tertiary/aromatic N) is 4. The zero-order valence-corrected chi connectivity index (χ0v) is 18.1. The first-order valence-corrected chi connectivity index (χ1v) is 9.86. The number of methoxy groups -OCH3 is 2. The van der Waals surface area contributed by atoms with Gasteiger partial charge >= 0.3 is 0 Å². The highest BCUT2D eigenvalue weighted by atomic mass is 79.9. The second-order valence-electron chi connectivity index (χ2n) is 6.57. The van der Waals surface area contributed by atoms with Crippen molar-refractivity contribution in [1.82, 2.24) is 20.2 Å². The van der Waals surface area contributed by atoms with Crippen LogP contribution < -0.4 is 20.1 Å². The largest absolute Gasteiger partial charge is 0.493 e. The molecule has 1 amide bonds. The fraction of sp³-hybridized carbons (Fsp3) is 0.200. The van der Waals surface area contributed by atoms with Crippen molar-refractivity contribution in [3.63, 3.8) is 0 Å². The van der Waals surface area contributed by atoms with Gasteiger partial charge in [-0.1, -0.05) is 23.3 Å². The molecule has 1 atom stereocenters. The van der Waals surface area contributed by atoms with Gasteiger partial charge in [0.1, 0.15) is 6.04 Å². The van der Waals surface area contributed by atoms with E-state index in [1.54, 1.807) is 18.9 Å². The van der Waals surface area contributed by atoms with Gasteiger partial charge in [0.05, 0.1) is 24.3 Å². The molecule has 4 rings (SSSR count). The summed E-state index contributed by atoms with van der Waals surface area (Å²) >= 11 is 3.52. The minimum absolute atomic E-state index is 0.261. The maximum atomic E-state index is 13.3. The highest BCUT2D eigenvalue weighted by Crippen LogP contribution is 2.42. The van der Waals surface area contributed by atoms with Crippen LogP contribution in [0.1, 0.15) is 18.5 Å². The van der Waals surface area contributed by atoms with E-state index < -0.39 is 6.04 Å².